The standard InChI is InChI=1S/C12H14/c1-3-5-8-12-10-7-6-9-11(12)4-2/h3,5-10H,1,4H2,2H3/b8-5-. The number of benzene rings is 1. The minimum absolute atomic E-state index is 1.08. The molecule has 0 nitrogen and oxygen atoms in total. The molecule has 0 spiro atoms. The van der Waals surface area contributed by atoms with Crippen LogP contribution in [0.3, 0.4) is 0 Å². The van der Waals surface area contributed by atoms with Crippen molar-refractivity contribution in [3.05, 3.63) is 54.1 Å². The van der Waals surface area contributed by atoms with Gasteiger partial charge >= 0.3 is 0 Å². The molecular formula is C12H14. The first-order chi connectivity index (χ1) is 5.88. The maximum atomic E-state index is 3.64. The summed E-state index contributed by atoms with van der Waals surface area (Å²) >= 11 is 0. The molecule has 0 saturated carbocycles. The average Bonchev–Trinajstić information content (AvgIpc) is 2.15. The van der Waals surface area contributed by atoms with E-state index < -0.39 is 0 Å². The summed E-state index contributed by atoms with van der Waals surface area (Å²) in [6.07, 6.45) is 6.93. The van der Waals surface area contributed by atoms with Crippen molar-refractivity contribution in [1.29, 1.82) is 0 Å². The fourth-order valence-electron chi connectivity index (χ4n) is 1.19. The maximum absolute atomic E-state index is 3.64. The summed E-state index contributed by atoms with van der Waals surface area (Å²) in [6, 6.07) is 8.41. The summed E-state index contributed by atoms with van der Waals surface area (Å²) in [5.74, 6) is 0. The predicted molar refractivity (Wildman–Crippen MR) is 55.1 cm³/mol. The topological polar surface area (TPSA) is 0 Å². The summed E-state index contributed by atoms with van der Waals surface area (Å²) in [4.78, 5) is 0. The van der Waals surface area contributed by atoms with Crippen molar-refractivity contribution in [2.24, 2.45) is 0 Å². The van der Waals surface area contributed by atoms with E-state index in [0.717, 1.165) is 6.42 Å². The van der Waals surface area contributed by atoms with Crippen LogP contribution in [0.4, 0.5) is 0 Å². The largest absolute Gasteiger partial charge is 0.0991 e. The third-order valence-electron chi connectivity index (χ3n) is 1.85. The summed E-state index contributed by atoms with van der Waals surface area (Å²) in [5, 5.41) is 0. The average molecular weight is 158 g/mol. The van der Waals surface area contributed by atoms with Crippen molar-refractivity contribution in [1.82, 2.24) is 0 Å². The molecule has 0 N–H and O–H groups in total. The van der Waals surface area contributed by atoms with Crippen LogP contribution in [-0.4, -0.2) is 0 Å². The Hall–Kier alpha value is -1.30. The smallest absolute Gasteiger partial charge is 0.0225 e. The van der Waals surface area contributed by atoms with Crippen LogP contribution in [0.5, 0.6) is 0 Å². The molecule has 0 saturated heterocycles. The molecule has 0 aliphatic carbocycles. The highest BCUT2D eigenvalue weighted by molar-refractivity contribution is 5.54. The molecule has 62 valence electrons. The third kappa shape index (κ3) is 2.09. The van der Waals surface area contributed by atoms with Crippen molar-refractivity contribution in [3.63, 3.8) is 0 Å². The molecule has 1 aromatic carbocycles. The number of rotatable bonds is 3. The van der Waals surface area contributed by atoms with Crippen LogP contribution in [0.2, 0.25) is 0 Å². The number of hydrogen-bond donors (Lipinski definition) is 0. The van der Waals surface area contributed by atoms with Crippen LogP contribution in [0.1, 0.15) is 18.1 Å². The van der Waals surface area contributed by atoms with Crippen LogP contribution >= 0.6 is 0 Å². The molecule has 0 unspecified atom stereocenters. The van der Waals surface area contributed by atoms with E-state index in [2.05, 4.69) is 43.8 Å². The van der Waals surface area contributed by atoms with Crippen molar-refractivity contribution in [2.45, 2.75) is 13.3 Å². The Morgan fingerprint density at radius 3 is 2.75 bits per heavy atom. The Bertz CT molecular complexity index is 282. The van der Waals surface area contributed by atoms with Gasteiger partial charge in [-0.15, -0.1) is 0 Å². The fraction of sp³-hybridized carbons (Fsp3) is 0.167. The first kappa shape index (κ1) is 8.79. The summed E-state index contributed by atoms with van der Waals surface area (Å²) in [7, 11) is 0. The van der Waals surface area contributed by atoms with E-state index in [1.165, 1.54) is 11.1 Å². The van der Waals surface area contributed by atoms with Gasteiger partial charge in [0.25, 0.3) is 0 Å². The van der Waals surface area contributed by atoms with Gasteiger partial charge in [-0.05, 0) is 17.5 Å². The van der Waals surface area contributed by atoms with Gasteiger partial charge in [0.1, 0.15) is 0 Å². The lowest BCUT2D eigenvalue weighted by Crippen LogP contribution is -1.83. The molecule has 0 aliphatic rings. The molecule has 0 aliphatic heterocycles. The Balaban J connectivity index is 2.96. The van der Waals surface area contributed by atoms with Crippen molar-refractivity contribution < 1.29 is 0 Å². The van der Waals surface area contributed by atoms with Crippen LogP contribution < -0.4 is 0 Å². The summed E-state index contributed by atoms with van der Waals surface area (Å²) in [6.45, 7) is 5.81. The Morgan fingerprint density at radius 1 is 1.33 bits per heavy atom. The van der Waals surface area contributed by atoms with Gasteiger partial charge in [0.05, 0.1) is 0 Å². The lowest BCUT2D eigenvalue weighted by molar-refractivity contribution is 1.13. The van der Waals surface area contributed by atoms with Crippen molar-refractivity contribution in [2.75, 3.05) is 0 Å². The molecule has 0 fully saturated rings. The maximum Gasteiger partial charge on any atom is -0.0225 e. The number of allylic oxidation sites excluding steroid dienone is 2. The van der Waals surface area contributed by atoms with Crippen LogP contribution in [0.15, 0.2) is 43.0 Å². The van der Waals surface area contributed by atoms with E-state index in [0.29, 0.717) is 0 Å². The highest BCUT2D eigenvalue weighted by Gasteiger charge is 1.92. The molecule has 0 aromatic heterocycles. The van der Waals surface area contributed by atoms with Gasteiger partial charge < -0.3 is 0 Å². The Morgan fingerprint density at radius 2 is 2.08 bits per heavy atom. The fourth-order valence-corrected chi connectivity index (χ4v) is 1.19. The molecular weight excluding hydrogens is 144 g/mol. The minimum Gasteiger partial charge on any atom is -0.0991 e. The van der Waals surface area contributed by atoms with E-state index >= 15 is 0 Å². The molecule has 12 heavy (non-hydrogen) atoms. The summed E-state index contributed by atoms with van der Waals surface area (Å²) < 4.78 is 0. The van der Waals surface area contributed by atoms with Gasteiger partial charge in [-0.25, -0.2) is 0 Å². The third-order valence-corrected chi connectivity index (χ3v) is 1.85. The second-order valence-corrected chi connectivity index (χ2v) is 2.65. The lowest BCUT2D eigenvalue weighted by atomic mass is 10.1. The van der Waals surface area contributed by atoms with Gasteiger partial charge in [0.15, 0.2) is 0 Å². The van der Waals surface area contributed by atoms with Gasteiger partial charge in [0, 0.05) is 0 Å². The van der Waals surface area contributed by atoms with E-state index in [9.17, 15) is 0 Å². The van der Waals surface area contributed by atoms with E-state index in [1.807, 2.05) is 6.08 Å². The van der Waals surface area contributed by atoms with Crippen molar-refractivity contribution in [3.8, 4) is 0 Å². The minimum atomic E-state index is 1.08. The molecule has 0 radical (unpaired) electrons. The zero-order valence-corrected chi connectivity index (χ0v) is 7.46. The molecule has 0 heteroatoms. The second kappa shape index (κ2) is 4.55. The molecule has 0 amide bonds. The predicted octanol–water partition coefficient (Wildman–Crippen LogP) is 3.45. The molecule has 1 rings (SSSR count). The number of aryl methyl sites for hydroxylation is 1. The quantitative estimate of drug-likeness (QED) is 0.591. The number of hydrogen-bond acceptors (Lipinski definition) is 0. The van der Waals surface area contributed by atoms with Crippen LogP contribution in [-0.2, 0) is 6.42 Å². The van der Waals surface area contributed by atoms with E-state index in [4.69, 9.17) is 0 Å². The normalized spacial score (nSPS) is 10.4. The van der Waals surface area contributed by atoms with Crippen molar-refractivity contribution >= 4 is 6.08 Å². The molecule has 0 bridgehead atoms. The first-order valence-corrected chi connectivity index (χ1v) is 4.25. The SMILES string of the molecule is C=C/C=C\c1ccccc1CC. The van der Waals surface area contributed by atoms with E-state index in [-0.39, 0.29) is 0 Å². The van der Waals surface area contributed by atoms with E-state index in [1.54, 1.807) is 6.08 Å². The van der Waals surface area contributed by atoms with Gasteiger partial charge in [-0.1, -0.05) is 56.0 Å². The van der Waals surface area contributed by atoms with Gasteiger partial charge in [-0.2, -0.15) is 0 Å². The molecule has 1 aromatic rings. The van der Waals surface area contributed by atoms with Crippen LogP contribution in [0, 0.1) is 0 Å². The zero-order chi connectivity index (χ0) is 8.81. The van der Waals surface area contributed by atoms with Crippen LogP contribution in [0.25, 0.3) is 6.08 Å². The monoisotopic (exact) mass is 158 g/mol. The Labute approximate surface area is 74.2 Å². The second-order valence-electron chi connectivity index (χ2n) is 2.65. The summed E-state index contributed by atoms with van der Waals surface area (Å²) in [5.41, 5.74) is 2.68. The lowest BCUT2D eigenvalue weighted by Gasteiger charge is -2.00. The molecule has 0 heterocycles. The first-order valence-electron chi connectivity index (χ1n) is 4.25. The zero-order valence-electron chi connectivity index (χ0n) is 7.46. The van der Waals surface area contributed by atoms with Gasteiger partial charge in [0.2, 0.25) is 0 Å². The Kier molecular flexibility index (Phi) is 3.34. The highest BCUT2D eigenvalue weighted by Crippen LogP contribution is 2.10. The highest BCUT2D eigenvalue weighted by atomic mass is 14.0. The van der Waals surface area contributed by atoms with Gasteiger partial charge in [-0.3, -0.25) is 0 Å². The molecule has 0 atom stereocenters.